The van der Waals surface area contributed by atoms with E-state index in [1.54, 1.807) is 18.2 Å². The standard InChI is InChI=1S/C23H27FN2O2/c1-16-14-26(15-17(2)28-16)22-9-5-7-20(13-22)18(3)25-23(27)11-10-19-6-4-8-21(24)12-19/h4-13,16-18H,14-15H2,1-3H3,(H,25,27)/b11-10+/t16-,17+,18-/m1/s1. The molecule has 1 aliphatic rings. The van der Waals surface area contributed by atoms with E-state index in [1.807, 2.05) is 19.1 Å². The Morgan fingerprint density at radius 2 is 1.89 bits per heavy atom. The number of benzene rings is 2. The molecule has 0 unspecified atom stereocenters. The Balaban J connectivity index is 1.64. The van der Waals surface area contributed by atoms with Crippen molar-refractivity contribution < 1.29 is 13.9 Å². The zero-order valence-electron chi connectivity index (χ0n) is 16.6. The normalized spacial score (nSPS) is 20.9. The molecule has 1 amide bonds. The summed E-state index contributed by atoms with van der Waals surface area (Å²) in [5.41, 5.74) is 2.83. The van der Waals surface area contributed by atoms with Crippen LogP contribution in [0, 0.1) is 5.82 Å². The minimum Gasteiger partial charge on any atom is -0.372 e. The molecule has 1 N–H and O–H groups in total. The lowest BCUT2D eigenvalue weighted by molar-refractivity contribution is -0.117. The van der Waals surface area contributed by atoms with Crippen LogP contribution in [0.25, 0.3) is 6.08 Å². The molecule has 3 atom stereocenters. The number of halogens is 1. The molecule has 0 saturated carbocycles. The van der Waals surface area contributed by atoms with E-state index in [0.717, 1.165) is 24.3 Å². The van der Waals surface area contributed by atoms with Gasteiger partial charge in [0.1, 0.15) is 5.82 Å². The summed E-state index contributed by atoms with van der Waals surface area (Å²) in [6.45, 7) is 7.83. The summed E-state index contributed by atoms with van der Waals surface area (Å²) < 4.78 is 19.0. The second-order valence-corrected chi connectivity index (χ2v) is 7.38. The monoisotopic (exact) mass is 382 g/mol. The van der Waals surface area contributed by atoms with Crippen LogP contribution in [-0.4, -0.2) is 31.2 Å². The van der Waals surface area contributed by atoms with Crippen LogP contribution in [0.15, 0.2) is 54.6 Å². The SMILES string of the molecule is C[C@@H]1CN(c2cccc([C@@H](C)NC(=O)/C=C/c3cccc(F)c3)c2)C[C@H](C)O1. The first kappa shape index (κ1) is 20.1. The number of carbonyl (C=O) groups excluding carboxylic acids is 1. The van der Waals surface area contributed by atoms with Crippen LogP contribution in [-0.2, 0) is 9.53 Å². The largest absolute Gasteiger partial charge is 0.372 e. The van der Waals surface area contributed by atoms with Gasteiger partial charge in [-0.25, -0.2) is 4.39 Å². The molecule has 0 aliphatic carbocycles. The van der Waals surface area contributed by atoms with Gasteiger partial charge >= 0.3 is 0 Å². The second-order valence-electron chi connectivity index (χ2n) is 7.38. The molecule has 0 bridgehead atoms. The topological polar surface area (TPSA) is 41.6 Å². The highest BCUT2D eigenvalue weighted by Crippen LogP contribution is 2.24. The molecule has 0 spiro atoms. The van der Waals surface area contributed by atoms with Crippen molar-refractivity contribution in [3.05, 3.63) is 71.6 Å². The van der Waals surface area contributed by atoms with Crippen molar-refractivity contribution in [2.75, 3.05) is 18.0 Å². The maximum atomic E-state index is 13.2. The van der Waals surface area contributed by atoms with Crippen LogP contribution in [0.4, 0.5) is 10.1 Å². The van der Waals surface area contributed by atoms with Gasteiger partial charge in [-0.15, -0.1) is 0 Å². The number of rotatable bonds is 5. The van der Waals surface area contributed by atoms with E-state index in [0.29, 0.717) is 5.56 Å². The van der Waals surface area contributed by atoms with Gasteiger partial charge in [-0.3, -0.25) is 4.79 Å². The molecule has 148 valence electrons. The van der Waals surface area contributed by atoms with Gasteiger partial charge in [-0.05, 0) is 62.2 Å². The Labute approximate surface area is 166 Å². The molecule has 2 aromatic carbocycles. The van der Waals surface area contributed by atoms with E-state index in [1.165, 1.54) is 18.2 Å². The zero-order valence-corrected chi connectivity index (χ0v) is 16.6. The number of amides is 1. The number of nitrogens with one attached hydrogen (secondary N) is 1. The Bertz CT molecular complexity index is 842. The number of anilines is 1. The van der Waals surface area contributed by atoms with Crippen molar-refractivity contribution in [1.29, 1.82) is 0 Å². The molecule has 0 aromatic heterocycles. The number of hydrogen-bond donors (Lipinski definition) is 1. The smallest absolute Gasteiger partial charge is 0.244 e. The number of hydrogen-bond acceptors (Lipinski definition) is 3. The lowest BCUT2D eigenvalue weighted by Crippen LogP contribution is -2.45. The van der Waals surface area contributed by atoms with Gasteiger partial charge in [-0.2, -0.15) is 0 Å². The third-order valence-corrected chi connectivity index (χ3v) is 4.79. The van der Waals surface area contributed by atoms with Crippen LogP contribution in [0.3, 0.4) is 0 Å². The lowest BCUT2D eigenvalue weighted by atomic mass is 10.1. The van der Waals surface area contributed by atoms with Crippen LogP contribution < -0.4 is 10.2 Å². The molecule has 5 heteroatoms. The van der Waals surface area contributed by atoms with Gasteiger partial charge in [0.05, 0.1) is 18.2 Å². The van der Waals surface area contributed by atoms with Gasteiger partial charge in [0.25, 0.3) is 0 Å². The van der Waals surface area contributed by atoms with Crippen molar-refractivity contribution in [2.24, 2.45) is 0 Å². The van der Waals surface area contributed by atoms with Gasteiger partial charge < -0.3 is 15.0 Å². The van der Waals surface area contributed by atoms with Crippen LogP contribution in [0.5, 0.6) is 0 Å². The van der Waals surface area contributed by atoms with Crippen LogP contribution >= 0.6 is 0 Å². The van der Waals surface area contributed by atoms with E-state index >= 15 is 0 Å². The summed E-state index contributed by atoms with van der Waals surface area (Å²) in [4.78, 5) is 14.6. The molecule has 4 nitrogen and oxygen atoms in total. The summed E-state index contributed by atoms with van der Waals surface area (Å²) in [5.74, 6) is -0.532. The highest BCUT2D eigenvalue weighted by molar-refractivity contribution is 5.92. The highest BCUT2D eigenvalue weighted by atomic mass is 19.1. The minimum atomic E-state index is -0.320. The predicted molar refractivity (Wildman–Crippen MR) is 111 cm³/mol. The molecular weight excluding hydrogens is 355 g/mol. The Morgan fingerprint density at radius 1 is 1.18 bits per heavy atom. The first-order chi connectivity index (χ1) is 13.4. The summed E-state index contributed by atoms with van der Waals surface area (Å²) in [7, 11) is 0. The summed E-state index contributed by atoms with van der Waals surface area (Å²) >= 11 is 0. The van der Waals surface area contributed by atoms with Crippen molar-refractivity contribution in [2.45, 2.75) is 39.0 Å². The quantitative estimate of drug-likeness (QED) is 0.783. The van der Waals surface area contributed by atoms with Crippen molar-refractivity contribution in [3.8, 4) is 0 Å². The fraction of sp³-hybridized carbons (Fsp3) is 0.348. The van der Waals surface area contributed by atoms with Gasteiger partial charge in [0.15, 0.2) is 0 Å². The average molecular weight is 382 g/mol. The number of morpholine rings is 1. The molecule has 2 aromatic rings. The molecule has 1 saturated heterocycles. The summed E-state index contributed by atoms with van der Waals surface area (Å²) in [6, 6.07) is 14.2. The molecule has 3 rings (SSSR count). The molecule has 28 heavy (non-hydrogen) atoms. The Kier molecular flexibility index (Phi) is 6.47. The lowest BCUT2D eigenvalue weighted by Gasteiger charge is -2.37. The minimum absolute atomic E-state index is 0.138. The number of ether oxygens (including phenoxy) is 1. The van der Waals surface area contributed by atoms with Crippen LogP contribution in [0.2, 0.25) is 0 Å². The maximum absolute atomic E-state index is 13.2. The van der Waals surface area contributed by atoms with Crippen molar-refractivity contribution in [3.63, 3.8) is 0 Å². The predicted octanol–water partition coefficient (Wildman–Crippen LogP) is 4.33. The molecule has 1 heterocycles. The van der Waals surface area contributed by atoms with E-state index < -0.39 is 0 Å². The Morgan fingerprint density at radius 3 is 2.61 bits per heavy atom. The summed E-state index contributed by atoms with van der Waals surface area (Å²) in [6.07, 6.45) is 3.42. The molecular formula is C23H27FN2O2. The first-order valence-corrected chi connectivity index (χ1v) is 9.65. The first-order valence-electron chi connectivity index (χ1n) is 9.65. The van der Waals surface area contributed by atoms with E-state index in [2.05, 4.69) is 36.2 Å². The fourth-order valence-corrected chi connectivity index (χ4v) is 3.51. The highest BCUT2D eigenvalue weighted by Gasteiger charge is 2.22. The van der Waals surface area contributed by atoms with E-state index in [4.69, 9.17) is 4.74 Å². The Hall–Kier alpha value is -2.66. The zero-order chi connectivity index (χ0) is 20.1. The van der Waals surface area contributed by atoms with Crippen molar-refractivity contribution in [1.82, 2.24) is 5.32 Å². The third kappa shape index (κ3) is 5.42. The maximum Gasteiger partial charge on any atom is 0.244 e. The number of carbonyl (C=O) groups is 1. The van der Waals surface area contributed by atoms with Gasteiger partial charge in [0, 0.05) is 24.9 Å². The molecule has 1 aliphatic heterocycles. The fourth-order valence-electron chi connectivity index (χ4n) is 3.51. The molecule has 1 fully saturated rings. The van der Waals surface area contributed by atoms with E-state index in [9.17, 15) is 9.18 Å². The van der Waals surface area contributed by atoms with Gasteiger partial charge in [-0.1, -0.05) is 24.3 Å². The second kappa shape index (κ2) is 9.02. The average Bonchev–Trinajstić information content (AvgIpc) is 2.66. The number of nitrogens with zero attached hydrogens (tertiary/aromatic N) is 1. The van der Waals surface area contributed by atoms with Crippen molar-refractivity contribution >= 4 is 17.7 Å². The molecule has 0 radical (unpaired) electrons. The van der Waals surface area contributed by atoms with Gasteiger partial charge in [0.2, 0.25) is 5.91 Å². The third-order valence-electron chi connectivity index (χ3n) is 4.79. The van der Waals surface area contributed by atoms with Crippen LogP contribution in [0.1, 0.15) is 37.9 Å². The summed E-state index contributed by atoms with van der Waals surface area (Å²) in [5, 5.41) is 2.97. The van der Waals surface area contributed by atoms with E-state index in [-0.39, 0.29) is 30.0 Å².